The van der Waals surface area contributed by atoms with Crippen molar-refractivity contribution in [1.29, 1.82) is 0 Å². The molecular weight excluding hydrogens is 556 g/mol. The van der Waals surface area contributed by atoms with E-state index in [0.717, 1.165) is 47.7 Å². The first kappa shape index (κ1) is 28.7. The SMILES string of the molecule is CCc1ccc(OCC(=O)N(Cc2cccc(OC)c2)[C@@H](Cc2ccccc2)C(=O)NC2CCCC2)c(Br)c1. The molecule has 1 fully saturated rings. The van der Waals surface area contributed by atoms with E-state index in [9.17, 15) is 9.59 Å². The number of rotatable bonds is 12. The number of amides is 2. The van der Waals surface area contributed by atoms with Crippen LogP contribution in [0.3, 0.4) is 0 Å². The third kappa shape index (κ3) is 8.09. The topological polar surface area (TPSA) is 67.9 Å². The highest BCUT2D eigenvalue weighted by Crippen LogP contribution is 2.27. The summed E-state index contributed by atoms with van der Waals surface area (Å²) in [5, 5.41) is 3.23. The molecule has 1 atom stereocenters. The van der Waals surface area contributed by atoms with E-state index in [-0.39, 0.29) is 31.0 Å². The maximum atomic E-state index is 13.9. The largest absolute Gasteiger partial charge is 0.497 e. The Bertz CT molecular complexity index is 1240. The standard InChI is InChI=1S/C32H37BrN2O4/c1-3-23-16-17-30(28(33)19-23)39-22-31(36)35(21-25-12-9-15-27(18-25)38-2)29(20-24-10-5-4-6-11-24)32(37)34-26-13-7-8-14-26/h4-6,9-12,15-19,26,29H,3,7-8,13-14,20-22H2,1-2H3,(H,34,37)/t29-/m0/s1. The fraction of sp³-hybridized carbons (Fsp3) is 0.375. The molecule has 7 heteroatoms. The number of nitrogens with one attached hydrogen (secondary N) is 1. The van der Waals surface area contributed by atoms with E-state index in [1.165, 1.54) is 5.56 Å². The zero-order valence-corrected chi connectivity index (χ0v) is 24.3. The minimum Gasteiger partial charge on any atom is -0.497 e. The molecule has 6 nitrogen and oxygen atoms in total. The molecule has 3 aromatic carbocycles. The first-order chi connectivity index (χ1) is 19.0. The number of ether oxygens (including phenoxy) is 2. The molecule has 1 N–H and O–H groups in total. The molecule has 0 unspecified atom stereocenters. The van der Waals surface area contributed by atoms with Gasteiger partial charge >= 0.3 is 0 Å². The van der Waals surface area contributed by atoms with Gasteiger partial charge in [-0.1, -0.05) is 68.3 Å². The summed E-state index contributed by atoms with van der Waals surface area (Å²) in [6.07, 6.45) is 5.48. The van der Waals surface area contributed by atoms with Gasteiger partial charge in [0.15, 0.2) is 6.61 Å². The van der Waals surface area contributed by atoms with Crippen LogP contribution in [0.5, 0.6) is 11.5 Å². The number of hydrogen-bond acceptors (Lipinski definition) is 4. The molecule has 4 rings (SSSR count). The summed E-state index contributed by atoms with van der Waals surface area (Å²) in [6.45, 7) is 2.16. The van der Waals surface area contributed by atoms with E-state index >= 15 is 0 Å². The number of nitrogens with zero attached hydrogens (tertiary/aromatic N) is 1. The molecule has 2 amide bonds. The smallest absolute Gasteiger partial charge is 0.261 e. The van der Waals surface area contributed by atoms with Crippen molar-refractivity contribution in [3.63, 3.8) is 0 Å². The van der Waals surface area contributed by atoms with Crippen LogP contribution in [0.15, 0.2) is 77.3 Å². The number of carbonyl (C=O) groups excluding carboxylic acids is 2. The first-order valence-corrected chi connectivity index (χ1v) is 14.4. The maximum Gasteiger partial charge on any atom is 0.261 e. The highest BCUT2D eigenvalue weighted by molar-refractivity contribution is 9.10. The van der Waals surface area contributed by atoms with Crippen molar-refractivity contribution in [1.82, 2.24) is 10.2 Å². The molecule has 0 saturated heterocycles. The van der Waals surface area contributed by atoms with Gasteiger partial charge in [-0.05, 0) is 76.1 Å². The molecule has 1 aliphatic carbocycles. The summed E-state index contributed by atoms with van der Waals surface area (Å²) < 4.78 is 12.2. The third-order valence-electron chi connectivity index (χ3n) is 7.22. The van der Waals surface area contributed by atoms with E-state index in [4.69, 9.17) is 9.47 Å². The van der Waals surface area contributed by atoms with Crippen LogP contribution < -0.4 is 14.8 Å². The fourth-order valence-electron chi connectivity index (χ4n) is 4.99. The highest BCUT2D eigenvalue weighted by atomic mass is 79.9. The number of benzene rings is 3. The van der Waals surface area contributed by atoms with Crippen LogP contribution in [0.4, 0.5) is 0 Å². The van der Waals surface area contributed by atoms with Gasteiger partial charge in [-0.3, -0.25) is 9.59 Å². The number of methoxy groups -OCH3 is 1. The molecule has 0 bridgehead atoms. The number of carbonyl (C=O) groups is 2. The summed E-state index contributed by atoms with van der Waals surface area (Å²) in [5.74, 6) is 0.908. The van der Waals surface area contributed by atoms with Crippen LogP contribution in [-0.4, -0.2) is 42.5 Å². The molecule has 0 spiro atoms. The molecule has 39 heavy (non-hydrogen) atoms. The molecule has 3 aromatic rings. The van der Waals surface area contributed by atoms with Crippen molar-refractivity contribution in [2.45, 2.75) is 64.1 Å². The van der Waals surface area contributed by atoms with Crippen molar-refractivity contribution in [2.75, 3.05) is 13.7 Å². The van der Waals surface area contributed by atoms with Gasteiger partial charge in [0, 0.05) is 19.0 Å². The summed E-state index contributed by atoms with van der Waals surface area (Å²) in [5.41, 5.74) is 3.04. The second kappa shape index (κ2) is 14.2. The first-order valence-electron chi connectivity index (χ1n) is 13.6. The Morgan fingerprint density at radius 2 is 1.72 bits per heavy atom. The van der Waals surface area contributed by atoms with Crippen LogP contribution in [0, 0.1) is 0 Å². The Hall–Kier alpha value is -3.32. The fourth-order valence-corrected chi connectivity index (χ4v) is 5.53. The van der Waals surface area contributed by atoms with Crippen molar-refractivity contribution in [3.05, 3.63) is 94.0 Å². The molecule has 0 radical (unpaired) electrons. The molecule has 0 aliphatic heterocycles. The van der Waals surface area contributed by atoms with E-state index in [2.05, 4.69) is 28.2 Å². The second-order valence-electron chi connectivity index (χ2n) is 9.98. The quantitative estimate of drug-likeness (QED) is 0.276. The molecule has 1 saturated carbocycles. The number of hydrogen-bond donors (Lipinski definition) is 1. The maximum absolute atomic E-state index is 13.9. The highest BCUT2D eigenvalue weighted by Gasteiger charge is 2.32. The molecule has 1 aliphatic rings. The van der Waals surface area contributed by atoms with Crippen LogP contribution in [0.2, 0.25) is 0 Å². The lowest BCUT2D eigenvalue weighted by atomic mass is 10.0. The molecule has 0 heterocycles. The minimum atomic E-state index is -0.693. The van der Waals surface area contributed by atoms with Crippen LogP contribution in [0.25, 0.3) is 0 Å². The van der Waals surface area contributed by atoms with Crippen molar-refractivity contribution in [3.8, 4) is 11.5 Å². The van der Waals surface area contributed by atoms with E-state index < -0.39 is 6.04 Å². The van der Waals surface area contributed by atoms with Gasteiger partial charge in [-0.25, -0.2) is 0 Å². The Kier molecular flexibility index (Phi) is 10.4. The monoisotopic (exact) mass is 592 g/mol. The summed E-state index contributed by atoms with van der Waals surface area (Å²) in [7, 11) is 1.62. The predicted octanol–water partition coefficient (Wildman–Crippen LogP) is 6.10. The lowest BCUT2D eigenvalue weighted by Gasteiger charge is -2.32. The Morgan fingerprint density at radius 3 is 2.41 bits per heavy atom. The van der Waals surface area contributed by atoms with E-state index in [1.807, 2.05) is 72.8 Å². The average molecular weight is 594 g/mol. The lowest BCUT2D eigenvalue weighted by molar-refractivity contribution is -0.143. The molecule has 206 valence electrons. The van der Waals surface area contributed by atoms with Crippen LogP contribution >= 0.6 is 15.9 Å². The van der Waals surface area contributed by atoms with Gasteiger partial charge < -0.3 is 19.7 Å². The molecular formula is C32H37BrN2O4. The number of halogens is 1. The van der Waals surface area contributed by atoms with Gasteiger partial charge in [0.25, 0.3) is 5.91 Å². The van der Waals surface area contributed by atoms with Gasteiger partial charge in [-0.15, -0.1) is 0 Å². The van der Waals surface area contributed by atoms with Crippen LogP contribution in [-0.2, 0) is 29.0 Å². The third-order valence-corrected chi connectivity index (χ3v) is 7.84. The van der Waals surface area contributed by atoms with E-state index in [0.29, 0.717) is 17.9 Å². The van der Waals surface area contributed by atoms with Gasteiger partial charge in [0.2, 0.25) is 5.91 Å². The summed E-state index contributed by atoms with van der Waals surface area (Å²) in [4.78, 5) is 29.3. The Labute approximate surface area is 239 Å². The van der Waals surface area contributed by atoms with Gasteiger partial charge in [0.05, 0.1) is 11.6 Å². The van der Waals surface area contributed by atoms with Crippen molar-refractivity contribution < 1.29 is 19.1 Å². The zero-order valence-electron chi connectivity index (χ0n) is 22.7. The van der Waals surface area contributed by atoms with Gasteiger partial charge in [0.1, 0.15) is 17.5 Å². The number of aryl methyl sites for hydroxylation is 1. The predicted molar refractivity (Wildman–Crippen MR) is 157 cm³/mol. The summed E-state index contributed by atoms with van der Waals surface area (Å²) in [6, 6.07) is 22.8. The van der Waals surface area contributed by atoms with Crippen molar-refractivity contribution >= 4 is 27.7 Å². The second-order valence-corrected chi connectivity index (χ2v) is 10.8. The molecule has 0 aromatic heterocycles. The van der Waals surface area contributed by atoms with Gasteiger partial charge in [-0.2, -0.15) is 0 Å². The normalized spacial score (nSPS) is 14.0. The van der Waals surface area contributed by atoms with Crippen molar-refractivity contribution in [2.24, 2.45) is 0 Å². The lowest BCUT2D eigenvalue weighted by Crippen LogP contribution is -2.53. The minimum absolute atomic E-state index is 0.129. The Balaban J connectivity index is 1.62. The Morgan fingerprint density at radius 1 is 0.974 bits per heavy atom. The summed E-state index contributed by atoms with van der Waals surface area (Å²) >= 11 is 3.56. The zero-order chi connectivity index (χ0) is 27.6. The average Bonchev–Trinajstić information content (AvgIpc) is 3.47. The van der Waals surface area contributed by atoms with E-state index in [1.54, 1.807) is 12.0 Å². The van der Waals surface area contributed by atoms with Crippen LogP contribution in [0.1, 0.15) is 49.3 Å².